The summed E-state index contributed by atoms with van der Waals surface area (Å²) in [5.41, 5.74) is 1.57. The standard InChI is InChI=1S/C19H22F3N3O/c1-2-15-17(18(26)23-11-10-13-6-4-3-5-7-13)25-12-14(19(20,21)22)8-9-16(25)24-15/h6,8-9,12H,2-5,7,10-11H2,1H3,(H,23,26). The Morgan fingerprint density at radius 1 is 1.31 bits per heavy atom. The van der Waals surface area contributed by atoms with Crippen LogP contribution in [0.4, 0.5) is 13.2 Å². The Kier molecular flexibility index (Phi) is 5.34. The summed E-state index contributed by atoms with van der Waals surface area (Å²) in [4.78, 5) is 16.9. The zero-order valence-electron chi connectivity index (χ0n) is 14.7. The van der Waals surface area contributed by atoms with E-state index in [4.69, 9.17) is 0 Å². The quantitative estimate of drug-likeness (QED) is 0.791. The van der Waals surface area contributed by atoms with E-state index in [1.54, 1.807) is 0 Å². The molecule has 0 saturated heterocycles. The van der Waals surface area contributed by atoms with Gasteiger partial charge in [0.05, 0.1) is 11.3 Å². The van der Waals surface area contributed by atoms with Crippen molar-refractivity contribution < 1.29 is 18.0 Å². The lowest BCUT2D eigenvalue weighted by Crippen LogP contribution is -2.27. The number of amides is 1. The predicted octanol–water partition coefficient (Wildman–Crippen LogP) is 4.54. The number of allylic oxidation sites excluding steroid dienone is 1. The number of hydrogen-bond acceptors (Lipinski definition) is 2. The fourth-order valence-corrected chi connectivity index (χ4v) is 3.30. The van der Waals surface area contributed by atoms with Gasteiger partial charge in [-0.3, -0.25) is 9.20 Å². The predicted molar refractivity (Wildman–Crippen MR) is 93.1 cm³/mol. The molecule has 0 radical (unpaired) electrons. The summed E-state index contributed by atoms with van der Waals surface area (Å²) in [5.74, 6) is -0.384. The molecule has 0 aromatic carbocycles. The summed E-state index contributed by atoms with van der Waals surface area (Å²) in [6.07, 6.45) is 4.46. The fourth-order valence-electron chi connectivity index (χ4n) is 3.30. The second-order valence-electron chi connectivity index (χ2n) is 6.52. The molecule has 0 aliphatic heterocycles. The van der Waals surface area contributed by atoms with Crippen LogP contribution in [0.1, 0.15) is 60.8 Å². The second-order valence-corrected chi connectivity index (χ2v) is 6.52. The highest BCUT2D eigenvalue weighted by Gasteiger charge is 2.31. The van der Waals surface area contributed by atoms with Crippen LogP contribution < -0.4 is 5.32 Å². The lowest BCUT2D eigenvalue weighted by molar-refractivity contribution is -0.137. The molecule has 1 N–H and O–H groups in total. The molecule has 0 fully saturated rings. The summed E-state index contributed by atoms with van der Waals surface area (Å²) in [6.45, 7) is 2.30. The molecular weight excluding hydrogens is 343 g/mol. The second kappa shape index (κ2) is 7.51. The first kappa shape index (κ1) is 18.5. The molecular formula is C19H22F3N3O. The van der Waals surface area contributed by atoms with Crippen molar-refractivity contribution >= 4 is 11.6 Å². The maximum Gasteiger partial charge on any atom is 0.417 e. The number of aryl methyl sites for hydroxylation is 1. The number of rotatable bonds is 5. The van der Waals surface area contributed by atoms with Crippen molar-refractivity contribution in [3.8, 4) is 0 Å². The molecule has 0 atom stereocenters. The van der Waals surface area contributed by atoms with Crippen LogP contribution >= 0.6 is 0 Å². The monoisotopic (exact) mass is 365 g/mol. The Morgan fingerprint density at radius 2 is 2.12 bits per heavy atom. The number of imidazole rings is 1. The lowest BCUT2D eigenvalue weighted by Gasteiger charge is -2.13. The van der Waals surface area contributed by atoms with Gasteiger partial charge in [0, 0.05) is 12.7 Å². The molecule has 1 amide bonds. The van der Waals surface area contributed by atoms with Gasteiger partial charge in [-0.25, -0.2) is 4.98 Å². The van der Waals surface area contributed by atoms with Crippen molar-refractivity contribution in [3.05, 3.63) is 46.9 Å². The van der Waals surface area contributed by atoms with Gasteiger partial charge < -0.3 is 5.32 Å². The van der Waals surface area contributed by atoms with Gasteiger partial charge in [-0.05, 0) is 50.7 Å². The number of carbonyl (C=O) groups excluding carboxylic acids is 1. The summed E-state index contributed by atoms with van der Waals surface area (Å²) < 4.78 is 40.3. The van der Waals surface area contributed by atoms with Crippen LogP contribution in [0.25, 0.3) is 5.65 Å². The third kappa shape index (κ3) is 3.92. The summed E-state index contributed by atoms with van der Waals surface area (Å²) >= 11 is 0. The molecule has 1 aliphatic carbocycles. The number of pyridine rings is 1. The maximum atomic E-state index is 13.0. The number of fused-ring (bicyclic) bond motifs is 1. The van der Waals surface area contributed by atoms with Gasteiger partial charge in [-0.1, -0.05) is 18.6 Å². The highest BCUT2D eigenvalue weighted by Crippen LogP contribution is 2.30. The molecule has 3 rings (SSSR count). The van der Waals surface area contributed by atoms with Crippen LogP contribution in [-0.2, 0) is 12.6 Å². The Hall–Kier alpha value is -2.31. The third-order valence-corrected chi connectivity index (χ3v) is 4.68. The lowest BCUT2D eigenvalue weighted by atomic mass is 9.97. The maximum absolute atomic E-state index is 13.0. The number of halogens is 3. The van der Waals surface area contributed by atoms with Crippen LogP contribution in [0.2, 0.25) is 0 Å². The highest BCUT2D eigenvalue weighted by molar-refractivity contribution is 5.94. The van der Waals surface area contributed by atoms with Crippen molar-refractivity contribution in [1.29, 1.82) is 0 Å². The number of carbonyl (C=O) groups is 1. The van der Waals surface area contributed by atoms with E-state index in [9.17, 15) is 18.0 Å². The summed E-state index contributed by atoms with van der Waals surface area (Å²) in [7, 11) is 0. The number of aromatic nitrogens is 2. The van der Waals surface area contributed by atoms with Gasteiger partial charge in [0.15, 0.2) is 0 Å². The Balaban J connectivity index is 1.82. The molecule has 140 valence electrons. The Bertz CT molecular complexity index is 836. The van der Waals surface area contributed by atoms with Gasteiger partial charge in [-0.2, -0.15) is 13.2 Å². The average Bonchev–Trinajstić information content (AvgIpc) is 2.99. The van der Waals surface area contributed by atoms with Crippen LogP contribution in [0, 0.1) is 0 Å². The van der Waals surface area contributed by atoms with Crippen molar-refractivity contribution in [2.75, 3.05) is 6.54 Å². The SMILES string of the molecule is CCc1nc2ccc(C(F)(F)F)cn2c1C(=O)NCCC1=CCCCC1. The molecule has 0 unspecified atom stereocenters. The van der Waals surface area contributed by atoms with Crippen LogP contribution in [-0.4, -0.2) is 21.8 Å². The van der Waals surface area contributed by atoms with E-state index in [-0.39, 0.29) is 11.6 Å². The van der Waals surface area contributed by atoms with Gasteiger partial charge in [-0.15, -0.1) is 0 Å². The molecule has 0 saturated carbocycles. The van der Waals surface area contributed by atoms with E-state index < -0.39 is 11.7 Å². The normalized spacial score (nSPS) is 15.2. The molecule has 1 aliphatic rings. The van der Waals surface area contributed by atoms with Crippen molar-refractivity contribution in [1.82, 2.24) is 14.7 Å². The Labute approximate surface area is 150 Å². The van der Waals surface area contributed by atoms with E-state index in [0.717, 1.165) is 31.5 Å². The van der Waals surface area contributed by atoms with E-state index >= 15 is 0 Å². The van der Waals surface area contributed by atoms with Crippen molar-refractivity contribution in [2.45, 2.75) is 51.6 Å². The molecule has 2 heterocycles. The van der Waals surface area contributed by atoms with E-state index in [2.05, 4.69) is 16.4 Å². The average molecular weight is 365 g/mol. The van der Waals surface area contributed by atoms with Gasteiger partial charge >= 0.3 is 6.18 Å². The molecule has 7 heteroatoms. The number of alkyl halides is 3. The largest absolute Gasteiger partial charge is 0.417 e. The van der Waals surface area contributed by atoms with E-state index in [0.29, 0.717) is 24.3 Å². The molecule has 2 aromatic heterocycles. The molecule has 0 bridgehead atoms. The minimum Gasteiger partial charge on any atom is -0.350 e. The number of hydrogen-bond donors (Lipinski definition) is 1. The molecule has 0 spiro atoms. The zero-order chi connectivity index (χ0) is 18.7. The van der Waals surface area contributed by atoms with Gasteiger partial charge in [0.2, 0.25) is 0 Å². The summed E-state index contributed by atoms with van der Waals surface area (Å²) in [6, 6.07) is 2.28. The highest BCUT2D eigenvalue weighted by atomic mass is 19.4. The fraction of sp³-hybridized carbons (Fsp3) is 0.474. The first-order valence-electron chi connectivity index (χ1n) is 8.94. The molecule has 4 nitrogen and oxygen atoms in total. The first-order valence-corrected chi connectivity index (χ1v) is 8.94. The molecule has 26 heavy (non-hydrogen) atoms. The smallest absolute Gasteiger partial charge is 0.350 e. The van der Waals surface area contributed by atoms with Crippen molar-refractivity contribution in [2.24, 2.45) is 0 Å². The van der Waals surface area contributed by atoms with Gasteiger partial charge in [0.25, 0.3) is 5.91 Å². The minimum atomic E-state index is -4.47. The molecule has 2 aromatic rings. The number of nitrogens with zero attached hydrogens (tertiary/aromatic N) is 2. The van der Waals surface area contributed by atoms with Gasteiger partial charge in [0.1, 0.15) is 11.3 Å². The van der Waals surface area contributed by atoms with Crippen LogP contribution in [0.5, 0.6) is 0 Å². The third-order valence-electron chi connectivity index (χ3n) is 4.68. The van der Waals surface area contributed by atoms with E-state index in [1.165, 1.54) is 28.9 Å². The van der Waals surface area contributed by atoms with Crippen LogP contribution in [0.15, 0.2) is 30.0 Å². The van der Waals surface area contributed by atoms with Crippen LogP contribution in [0.3, 0.4) is 0 Å². The zero-order valence-corrected chi connectivity index (χ0v) is 14.7. The Morgan fingerprint density at radius 3 is 2.77 bits per heavy atom. The summed E-state index contributed by atoms with van der Waals surface area (Å²) in [5, 5.41) is 2.84. The number of nitrogens with one attached hydrogen (secondary N) is 1. The first-order chi connectivity index (χ1) is 12.4. The minimum absolute atomic E-state index is 0.186. The topological polar surface area (TPSA) is 46.4 Å². The van der Waals surface area contributed by atoms with E-state index in [1.807, 2.05) is 6.92 Å². The van der Waals surface area contributed by atoms with Crippen molar-refractivity contribution in [3.63, 3.8) is 0 Å².